The monoisotopic (exact) mass is 444 g/mol. The average Bonchev–Trinajstić information content (AvgIpc) is 2.64. The summed E-state index contributed by atoms with van der Waals surface area (Å²) in [5.41, 5.74) is -0.209. The van der Waals surface area contributed by atoms with Crippen molar-refractivity contribution in [2.45, 2.75) is 44.6 Å². The number of hydrogen-bond donors (Lipinski definition) is 1. The summed E-state index contributed by atoms with van der Waals surface area (Å²) in [5.74, 6) is -7.18. The molecule has 0 bridgehead atoms. The Labute approximate surface area is 176 Å². The van der Waals surface area contributed by atoms with E-state index in [4.69, 9.17) is 16.3 Å². The molecule has 0 amide bonds. The second-order valence-electron chi connectivity index (χ2n) is 8.27. The third-order valence-electron chi connectivity index (χ3n) is 5.46. The Morgan fingerprint density at radius 1 is 1.33 bits per heavy atom. The van der Waals surface area contributed by atoms with E-state index in [9.17, 15) is 27.9 Å². The molecule has 0 radical (unpaired) electrons. The number of carbonyl (C=O) groups is 1. The lowest BCUT2D eigenvalue weighted by molar-refractivity contribution is -0.378. The third-order valence-corrected chi connectivity index (χ3v) is 5.69. The van der Waals surface area contributed by atoms with Crippen molar-refractivity contribution in [3.63, 3.8) is 0 Å². The van der Waals surface area contributed by atoms with E-state index in [0.717, 1.165) is 7.11 Å². The molecule has 0 unspecified atom stereocenters. The first kappa shape index (κ1) is 22.4. The van der Waals surface area contributed by atoms with Crippen molar-refractivity contribution >= 4 is 23.5 Å². The van der Waals surface area contributed by atoms with E-state index in [1.807, 2.05) is 0 Å². The molecule has 0 fully saturated rings. The SMILES string of the molecule is COC(=O)[C@H]1[C@H](c2cccc(Cl)c2)C2=C(CC(C)(C)CC2=C=O)O[C@]1(O)C(F)(F)F. The Balaban J connectivity index is 2.38. The number of alkyl halides is 3. The summed E-state index contributed by atoms with van der Waals surface area (Å²) in [6.07, 6.45) is -5.08. The molecule has 3 atom stereocenters. The number of rotatable bonds is 2. The van der Waals surface area contributed by atoms with Crippen molar-refractivity contribution in [2.75, 3.05) is 7.11 Å². The minimum absolute atomic E-state index is 0.0247. The maximum Gasteiger partial charge on any atom is 0.456 e. The van der Waals surface area contributed by atoms with Gasteiger partial charge < -0.3 is 14.6 Å². The van der Waals surface area contributed by atoms with E-state index in [-0.39, 0.29) is 40.3 Å². The summed E-state index contributed by atoms with van der Waals surface area (Å²) in [6, 6.07) is 5.88. The lowest BCUT2D eigenvalue weighted by atomic mass is 9.65. The first-order valence-electron chi connectivity index (χ1n) is 9.13. The molecule has 1 aromatic carbocycles. The molecule has 9 heteroatoms. The molecule has 0 aromatic heterocycles. The van der Waals surface area contributed by atoms with Crippen LogP contribution in [-0.2, 0) is 19.1 Å². The number of allylic oxidation sites excluding steroid dienone is 3. The normalized spacial score (nSPS) is 28.3. The minimum Gasteiger partial charge on any atom is -0.469 e. The Hall–Kier alpha value is -2.28. The van der Waals surface area contributed by atoms with E-state index in [1.165, 1.54) is 24.3 Å². The van der Waals surface area contributed by atoms with Crippen LogP contribution >= 0.6 is 11.6 Å². The molecule has 1 aliphatic carbocycles. The van der Waals surface area contributed by atoms with E-state index in [1.54, 1.807) is 19.8 Å². The largest absolute Gasteiger partial charge is 0.469 e. The van der Waals surface area contributed by atoms with Crippen LogP contribution in [0.2, 0.25) is 5.02 Å². The highest BCUT2D eigenvalue weighted by atomic mass is 35.5. The molecule has 0 spiro atoms. The summed E-state index contributed by atoms with van der Waals surface area (Å²) in [4.78, 5) is 24.3. The predicted octanol–water partition coefficient (Wildman–Crippen LogP) is 4.33. The first-order chi connectivity index (χ1) is 13.8. The van der Waals surface area contributed by atoms with Gasteiger partial charge in [0.15, 0.2) is 0 Å². The van der Waals surface area contributed by atoms with Crippen LogP contribution in [0.3, 0.4) is 0 Å². The quantitative estimate of drug-likeness (QED) is 0.543. The second kappa shape index (κ2) is 7.45. The summed E-state index contributed by atoms with van der Waals surface area (Å²) >= 11 is 6.04. The fourth-order valence-electron chi connectivity index (χ4n) is 4.24. The molecular weight excluding hydrogens is 425 g/mol. The lowest BCUT2D eigenvalue weighted by Crippen LogP contribution is -2.60. The molecule has 0 saturated carbocycles. The summed E-state index contributed by atoms with van der Waals surface area (Å²) in [6.45, 7) is 3.51. The van der Waals surface area contributed by atoms with E-state index < -0.39 is 35.2 Å². The molecule has 2 aliphatic rings. The van der Waals surface area contributed by atoms with Gasteiger partial charge in [-0.15, -0.1) is 0 Å². The predicted molar refractivity (Wildman–Crippen MR) is 101 cm³/mol. The molecule has 1 N–H and O–H groups in total. The van der Waals surface area contributed by atoms with Crippen molar-refractivity contribution < 1.29 is 37.3 Å². The van der Waals surface area contributed by atoms with Gasteiger partial charge in [0.2, 0.25) is 0 Å². The van der Waals surface area contributed by atoms with Crippen LogP contribution in [-0.4, -0.2) is 36.1 Å². The van der Waals surface area contributed by atoms with E-state index >= 15 is 0 Å². The molecule has 3 rings (SSSR count). The van der Waals surface area contributed by atoms with Crippen molar-refractivity contribution in [2.24, 2.45) is 11.3 Å². The first-order valence-corrected chi connectivity index (χ1v) is 9.51. The molecule has 1 heterocycles. The molecule has 5 nitrogen and oxygen atoms in total. The summed E-state index contributed by atoms with van der Waals surface area (Å²) < 4.78 is 51.9. The zero-order valence-electron chi connectivity index (χ0n) is 16.5. The average molecular weight is 445 g/mol. The Kier molecular flexibility index (Phi) is 5.56. The van der Waals surface area contributed by atoms with Gasteiger partial charge in [-0.2, -0.15) is 13.2 Å². The van der Waals surface area contributed by atoms with Crippen molar-refractivity contribution in [3.8, 4) is 0 Å². The zero-order chi connectivity index (χ0) is 22.5. The van der Waals surface area contributed by atoms with Crippen LogP contribution in [0, 0.1) is 11.3 Å². The van der Waals surface area contributed by atoms with Gasteiger partial charge in [0.1, 0.15) is 17.6 Å². The number of hydrogen-bond acceptors (Lipinski definition) is 5. The second-order valence-corrected chi connectivity index (χ2v) is 8.70. The Bertz CT molecular complexity index is 962. The lowest BCUT2D eigenvalue weighted by Gasteiger charge is -2.48. The number of ether oxygens (including phenoxy) is 2. The van der Waals surface area contributed by atoms with E-state index in [0.29, 0.717) is 0 Å². The fourth-order valence-corrected chi connectivity index (χ4v) is 4.44. The van der Waals surface area contributed by atoms with Gasteiger partial charge >= 0.3 is 17.9 Å². The van der Waals surface area contributed by atoms with Crippen molar-refractivity contribution in [3.05, 3.63) is 51.8 Å². The molecular formula is C21H20ClF3O5. The van der Waals surface area contributed by atoms with Gasteiger partial charge in [-0.3, -0.25) is 4.79 Å². The Morgan fingerprint density at radius 3 is 2.53 bits per heavy atom. The maximum absolute atomic E-state index is 14.1. The van der Waals surface area contributed by atoms with Gasteiger partial charge in [-0.25, -0.2) is 4.79 Å². The summed E-state index contributed by atoms with van der Waals surface area (Å²) in [5, 5.41) is 10.9. The number of carbonyl (C=O) groups excluding carboxylic acids is 2. The van der Waals surface area contributed by atoms with Gasteiger partial charge in [0.05, 0.1) is 7.11 Å². The molecule has 1 aromatic rings. The van der Waals surface area contributed by atoms with Crippen LogP contribution in [0.5, 0.6) is 0 Å². The molecule has 0 saturated heterocycles. The van der Waals surface area contributed by atoms with Crippen molar-refractivity contribution in [1.82, 2.24) is 0 Å². The number of esters is 1. The zero-order valence-corrected chi connectivity index (χ0v) is 17.2. The van der Waals surface area contributed by atoms with Gasteiger partial charge in [-0.05, 0) is 29.5 Å². The van der Waals surface area contributed by atoms with Crippen LogP contribution in [0.15, 0.2) is 41.2 Å². The van der Waals surface area contributed by atoms with E-state index in [2.05, 4.69) is 4.74 Å². The highest BCUT2D eigenvalue weighted by Crippen LogP contribution is 2.58. The van der Waals surface area contributed by atoms with Crippen LogP contribution in [0.1, 0.15) is 38.2 Å². The highest BCUT2D eigenvalue weighted by Gasteiger charge is 2.69. The summed E-state index contributed by atoms with van der Waals surface area (Å²) in [7, 11) is 0.915. The van der Waals surface area contributed by atoms with Gasteiger partial charge in [0.25, 0.3) is 0 Å². The number of aliphatic hydroxyl groups is 1. The number of halogens is 4. The third kappa shape index (κ3) is 3.64. The topological polar surface area (TPSA) is 72.8 Å². The van der Waals surface area contributed by atoms with Gasteiger partial charge in [-0.1, -0.05) is 37.6 Å². The minimum atomic E-state index is -5.33. The number of benzene rings is 1. The molecule has 30 heavy (non-hydrogen) atoms. The smallest absolute Gasteiger partial charge is 0.456 e. The highest BCUT2D eigenvalue weighted by molar-refractivity contribution is 6.30. The molecule has 162 valence electrons. The van der Waals surface area contributed by atoms with Crippen LogP contribution in [0.4, 0.5) is 13.2 Å². The fraction of sp³-hybridized carbons (Fsp3) is 0.476. The van der Waals surface area contributed by atoms with Crippen LogP contribution in [0.25, 0.3) is 0 Å². The number of methoxy groups -OCH3 is 1. The standard InChI is InChI=1S/C21H20ClF3O5/c1-19(2)8-12(10-26)15-14(9-19)30-20(28,21(23,24)25)17(18(27)29-3)16(15)11-5-4-6-13(22)7-11/h4-7,16-17,28H,8-9H2,1-3H3/t16-,17-,20+/m1/s1. The molecule has 1 aliphatic heterocycles. The maximum atomic E-state index is 14.1. The van der Waals surface area contributed by atoms with Crippen molar-refractivity contribution in [1.29, 1.82) is 0 Å². The van der Waals surface area contributed by atoms with Gasteiger partial charge in [0, 0.05) is 28.5 Å². The van der Waals surface area contributed by atoms with Crippen LogP contribution < -0.4 is 0 Å². The Morgan fingerprint density at radius 2 is 2.00 bits per heavy atom.